The van der Waals surface area contributed by atoms with Crippen LogP contribution in [0.3, 0.4) is 0 Å². The van der Waals surface area contributed by atoms with E-state index in [1.54, 1.807) is 18.7 Å². The number of halogens is 8. The van der Waals surface area contributed by atoms with Gasteiger partial charge in [-0.25, -0.2) is 17.6 Å². The van der Waals surface area contributed by atoms with E-state index in [2.05, 4.69) is 0 Å². The molecule has 0 aliphatic heterocycles. The lowest BCUT2D eigenvalue weighted by molar-refractivity contribution is -0.147. The molecule has 0 bridgehead atoms. The zero-order valence-corrected chi connectivity index (χ0v) is 18.6. The van der Waals surface area contributed by atoms with E-state index >= 15 is 0 Å². The van der Waals surface area contributed by atoms with Gasteiger partial charge in [0.25, 0.3) is 0 Å². The summed E-state index contributed by atoms with van der Waals surface area (Å²) in [6.07, 6.45) is -4.11. The lowest BCUT2D eigenvalue weighted by Crippen LogP contribution is -2.25. The van der Waals surface area contributed by atoms with Crippen LogP contribution in [0, 0.1) is 40.5 Å². The van der Waals surface area contributed by atoms with Crippen LogP contribution in [0.15, 0.2) is 11.1 Å². The number of allylic oxidation sites excluding steroid dienone is 2. The van der Waals surface area contributed by atoms with Crippen molar-refractivity contribution in [2.24, 2.45) is 17.3 Å². The first kappa shape index (κ1) is 26.4. The van der Waals surface area contributed by atoms with Gasteiger partial charge >= 0.3 is 12.1 Å². The van der Waals surface area contributed by atoms with Crippen LogP contribution in [0.2, 0.25) is 0 Å². The van der Waals surface area contributed by atoms with E-state index in [0.717, 1.165) is 0 Å². The largest absolute Gasteiger partial charge is 0.460 e. The monoisotopic (exact) mass is 489 g/mol. The molecule has 11 heteroatoms. The van der Waals surface area contributed by atoms with Gasteiger partial charge in [-0.15, -0.1) is 0 Å². The van der Waals surface area contributed by atoms with Gasteiger partial charge in [-0.05, 0) is 24.4 Å². The number of ether oxygens (including phenoxy) is 1. The van der Waals surface area contributed by atoms with Gasteiger partial charge in [-0.3, -0.25) is 9.69 Å². The van der Waals surface area contributed by atoms with Crippen LogP contribution in [0.5, 0.6) is 0 Å². The molecule has 1 saturated carbocycles. The number of nitrogens with zero attached hydrogens (tertiary/aromatic N) is 1. The topological polar surface area (TPSA) is 29.5 Å². The Labute approximate surface area is 186 Å². The van der Waals surface area contributed by atoms with Crippen molar-refractivity contribution in [2.75, 3.05) is 13.1 Å². The van der Waals surface area contributed by atoms with Crippen LogP contribution >= 0.6 is 11.6 Å². The zero-order valence-electron chi connectivity index (χ0n) is 17.8. The molecular weight excluding hydrogens is 467 g/mol. The summed E-state index contributed by atoms with van der Waals surface area (Å²) in [7, 11) is 0. The number of carbonyl (C=O) groups excluding carboxylic acids is 1. The summed E-state index contributed by atoms with van der Waals surface area (Å²) in [5.41, 5.74) is -2.85. The van der Waals surface area contributed by atoms with Crippen LogP contribution in [-0.4, -0.2) is 30.1 Å². The van der Waals surface area contributed by atoms with Gasteiger partial charge in [0.05, 0.1) is 11.5 Å². The predicted octanol–water partition coefficient (Wildman–Crippen LogP) is 6.09. The Bertz CT molecular complexity index is 881. The van der Waals surface area contributed by atoms with Crippen LogP contribution in [-0.2, 0) is 22.7 Å². The van der Waals surface area contributed by atoms with Crippen LogP contribution in [0.25, 0.3) is 0 Å². The molecule has 1 aromatic rings. The Kier molecular flexibility index (Phi) is 7.92. The van der Waals surface area contributed by atoms with Crippen molar-refractivity contribution in [1.29, 1.82) is 0 Å². The van der Waals surface area contributed by atoms with Gasteiger partial charge in [0.1, 0.15) is 11.6 Å². The quantitative estimate of drug-likeness (QED) is 0.252. The van der Waals surface area contributed by atoms with Crippen molar-refractivity contribution < 1.29 is 40.3 Å². The molecule has 0 radical (unpaired) electrons. The SMILES string of the molecule is CCN(CC)Cc1c(F)c(F)c(COC(=O)[C@@H]2[C@H](C=C(Cl)C(F)(F)F)C2(C)C)c(F)c1F. The average Bonchev–Trinajstić information content (AvgIpc) is 3.25. The molecule has 0 N–H and O–H groups in total. The Morgan fingerprint density at radius 3 is 1.94 bits per heavy atom. The van der Waals surface area contributed by atoms with Gasteiger partial charge in [-0.1, -0.05) is 45.4 Å². The molecule has 180 valence electrons. The Morgan fingerprint density at radius 2 is 1.50 bits per heavy atom. The molecule has 1 aromatic carbocycles. The normalized spacial score (nSPS) is 20.6. The minimum Gasteiger partial charge on any atom is -0.460 e. The minimum absolute atomic E-state index is 0.358. The van der Waals surface area contributed by atoms with Crippen LogP contribution < -0.4 is 0 Å². The summed E-state index contributed by atoms with van der Waals surface area (Å²) in [6, 6.07) is 0. The van der Waals surface area contributed by atoms with Gasteiger partial charge in [0.2, 0.25) is 0 Å². The Hall–Kier alpha value is -1.81. The van der Waals surface area contributed by atoms with Gasteiger partial charge in [0, 0.05) is 12.1 Å². The molecular formula is C21H23ClF7NO2. The molecule has 0 aromatic heterocycles. The highest BCUT2D eigenvalue weighted by atomic mass is 35.5. The van der Waals surface area contributed by atoms with Crippen molar-refractivity contribution in [3.63, 3.8) is 0 Å². The zero-order chi connectivity index (χ0) is 24.6. The molecule has 2 rings (SSSR count). The molecule has 0 heterocycles. The third-order valence-electron chi connectivity index (χ3n) is 5.84. The lowest BCUT2D eigenvalue weighted by atomic mass is 10.1. The number of esters is 1. The summed E-state index contributed by atoms with van der Waals surface area (Å²) in [6.45, 7) is 5.71. The van der Waals surface area contributed by atoms with Gasteiger partial charge < -0.3 is 4.74 Å². The molecule has 0 spiro atoms. The molecule has 2 atom stereocenters. The van der Waals surface area contributed by atoms with Crippen molar-refractivity contribution in [2.45, 2.75) is 47.0 Å². The third kappa shape index (κ3) is 5.22. The molecule has 0 amide bonds. The van der Waals surface area contributed by atoms with Crippen LogP contribution in [0.4, 0.5) is 30.7 Å². The number of benzene rings is 1. The second-order valence-electron chi connectivity index (χ2n) is 8.12. The summed E-state index contributed by atoms with van der Waals surface area (Å²) >= 11 is 5.21. The first-order valence-electron chi connectivity index (χ1n) is 9.85. The first-order chi connectivity index (χ1) is 14.7. The first-order valence-corrected chi connectivity index (χ1v) is 10.2. The third-order valence-corrected chi connectivity index (χ3v) is 6.18. The predicted molar refractivity (Wildman–Crippen MR) is 103 cm³/mol. The molecule has 32 heavy (non-hydrogen) atoms. The fraction of sp³-hybridized carbons (Fsp3) is 0.571. The van der Waals surface area contributed by atoms with E-state index in [1.807, 2.05) is 0 Å². The Morgan fingerprint density at radius 1 is 1.03 bits per heavy atom. The van der Waals surface area contributed by atoms with E-state index in [1.165, 1.54) is 13.8 Å². The minimum atomic E-state index is -4.79. The highest BCUT2D eigenvalue weighted by molar-refractivity contribution is 6.30. The van der Waals surface area contributed by atoms with Crippen molar-refractivity contribution >= 4 is 17.6 Å². The summed E-state index contributed by atoms with van der Waals surface area (Å²) in [4.78, 5) is 13.9. The second-order valence-corrected chi connectivity index (χ2v) is 8.53. The average molecular weight is 490 g/mol. The maximum atomic E-state index is 14.4. The fourth-order valence-electron chi connectivity index (χ4n) is 3.58. The summed E-state index contributed by atoms with van der Waals surface area (Å²) in [5.74, 6) is -9.62. The maximum Gasteiger partial charge on any atom is 0.426 e. The van der Waals surface area contributed by atoms with Crippen molar-refractivity contribution in [3.05, 3.63) is 45.5 Å². The highest BCUT2D eigenvalue weighted by Crippen LogP contribution is 2.60. The highest BCUT2D eigenvalue weighted by Gasteiger charge is 2.62. The standard InChI is InChI=1S/C21H23ClF7NO2/c1-5-30(6-2)8-10-15(23)17(25)11(18(26)16(10)24)9-32-19(31)14-12(20(14,3)4)7-13(22)21(27,28)29/h7,12,14H,5-6,8-9H2,1-4H3/t12-,14-/m0/s1. The van der Waals surface area contributed by atoms with Crippen LogP contribution in [0.1, 0.15) is 38.8 Å². The number of rotatable bonds is 8. The summed E-state index contributed by atoms with van der Waals surface area (Å²) < 4.78 is 100. The van der Waals surface area contributed by atoms with Gasteiger partial charge in [0.15, 0.2) is 23.3 Å². The second kappa shape index (κ2) is 9.59. The molecule has 1 fully saturated rings. The maximum absolute atomic E-state index is 14.4. The van der Waals surface area contributed by atoms with E-state index in [9.17, 15) is 35.5 Å². The van der Waals surface area contributed by atoms with Crippen molar-refractivity contribution in [3.8, 4) is 0 Å². The number of hydrogen-bond acceptors (Lipinski definition) is 3. The molecule has 0 unspecified atom stereocenters. The lowest BCUT2D eigenvalue weighted by Gasteiger charge is -2.20. The number of alkyl halides is 3. The fourth-order valence-corrected chi connectivity index (χ4v) is 3.72. The van der Waals surface area contributed by atoms with Crippen molar-refractivity contribution in [1.82, 2.24) is 4.90 Å². The summed E-state index contributed by atoms with van der Waals surface area (Å²) in [5, 5.41) is -1.41. The van der Waals surface area contributed by atoms with Gasteiger partial charge in [-0.2, -0.15) is 13.2 Å². The van der Waals surface area contributed by atoms with E-state index in [0.29, 0.717) is 19.2 Å². The smallest absolute Gasteiger partial charge is 0.426 e. The molecule has 3 nitrogen and oxygen atoms in total. The van der Waals surface area contributed by atoms with E-state index in [4.69, 9.17) is 16.3 Å². The van der Waals surface area contributed by atoms with E-state index in [-0.39, 0.29) is 6.54 Å². The number of carbonyl (C=O) groups is 1. The van der Waals surface area contributed by atoms with E-state index < -0.39 is 75.4 Å². The molecule has 1 aliphatic rings. The molecule has 0 saturated heterocycles. The number of hydrogen-bond donors (Lipinski definition) is 0. The molecule has 1 aliphatic carbocycles. The Balaban J connectivity index is 2.20.